The van der Waals surface area contributed by atoms with Gasteiger partial charge in [0.05, 0.1) is 10.6 Å². The molecule has 7 nitrogen and oxygen atoms in total. The Bertz CT molecular complexity index is 517. The van der Waals surface area contributed by atoms with Gasteiger partial charge in [-0.2, -0.15) is 4.39 Å². The summed E-state index contributed by atoms with van der Waals surface area (Å²) in [6, 6.07) is 2.85. The van der Waals surface area contributed by atoms with Crippen molar-refractivity contribution in [3.05, 3.63) is 34.1 Å². The van der Waals surface area contributed by atoms with Crippen LogP contribution in [-0.4, -0.2) is 16.2 Å². The first-order chi connectivity index (χ1) is 8.40. The minimum absolute atomic E-state index is 0.00414. The van der Waals surface area contributed by atoms with E-state index in [0.29, 0.717) is 0 Å². The highest BCUT2D eigenvalue weighted by molar-refractivity contribution is 6.64. The Balaban J connectivity index is 2.80. The zero-order valence-electron chi connectivity index (χ0n) is 9.02. The fourth-order valence-corrected chi connectivity index (χ4v) is 1.01. The third-order valence-electron chi connectivity index (χ3n) is 1.64. The molecule has 1 amide bonds. The maximum absolute atomic E-state index is 13.0. The number of rotatable bonds is 3. The van der Waals surface area contributed by atoms with Gasteiger partial charge in [-0.25, -0.2) is 4.79 Å². The molecule has 96 valence electrons. The fraction of sp³-hybridized carbons (Fsp3) is 0.111. The number of nitrogens with one attached hydrogen (secondary N) is 1. The first-order valence-corrected chi connectivity index (χ1v) is 4.90. The smallest absolute Gasteiger partial charge is 0.297 e. The molecule has 0 spiro atoms. The van der Waals surface area contributed by atoms with Gasteiger partial charge in [-0.05, 0) is 19.1 Å². The monoisotopic (exact) mass is 275 g/mol. The number of halogens is 2. The summed E-state index contributed by atoms with van der Waals surface area (Å²) in [7, 11) is 0. The average molecular weight is 276 g/mol. The summed E-state index contributed by atoms with van der Waals surface area (Å²) in [6.07, 6.45) is -1.00. The van der Waals surface area contributed by atoms with E-state index >= 15 is 0 Å². The average Bonchev–Trinajstić information content (AvgIpc) is 2.28. The standard InChI is InChI=1S/C9H7ClFN3O4/c1-5(10)13-18-9(15)12-6-2-3-7(11)8(4-6)14(16)17/h2-4H,1H3,(H,12,15)/b13-5-. The van der Waals surface area contributed by atoms with Gasteiger partial charge >= 0.3 is 11.8 Å². The van der Waals surface area contributed by atoms with Crippen molar-refractivity contribution in [2.45, 2.75) is 6.92 Å². The highest BCUT2D eigenvalue weighted by Crippen LogP contribution is 2.21. The van der Waals surface area contributed by atoms with Crippen LogP contribution in [0.5, 0.6) is 0 Å². The number of amides is 1. The highest BCUT2D eigenvalue weighted by Gasteiger charge is 2.15. The zero-order chi connectivity index (χ0) is 13.7. The number of carbonyl (C=O) groups excluding carboxylic acids is 1. The molecule has 0 aliphatic carbocycles. The van der Waals surface area contributed by atoms with Gasteiger partial charge < -0.3 is 0 Å². The van der Waals surface area contributed by atoms with Crippen LogP contribution >= 0.6 is 11.6 Å². The first kappa shape index (κ1) is 13.8. The van der Waals surface area contributed by atoms with E-state index in [1.165, 1.54) is 6.92 Å². The lowest BCUT2D eigenvalue weighted by atomic mass is 10.2. The predicted molar refractivity (Wildman–Crippen MR) is 62.1 cm³/mol. The molecule has 9 heteroatoms. The molecule has 0 aromatic heterocycles. The first-order valence-electron chi connectivity index (χ1n) is 4.52. The Morgan fingerprint density at radius 3 is 2.83 bits per heavy atom. The van der Waals surface area contributed by atoms with Crippen molar-refractivity contribution in [1.29, 1.82) is 0 Å². The summed E-state index contributed by atoms with van der Waals surface area (Å²) < 4.78 is 13.0. The van der Waals surface area contributed by atoms with Crippen LogP contribution in [0.15, 0.2) is 23.4 Å². The van der Waals surface area contributed by atoms with Crippen molar-refractivity contribution >= 4 is 34.2 Å². The van der Waals surface area contributed by atoms with Crippen LogP contribution in [0.3, 0.4) is 0 Å². The van der Waals surface area contributed by atoms with Crippen LogP contribution in [0.4, 0.5) is 20.6 Å². The lowest BCUT2D eigenvalue weighted by Crippen LogP contribution is -2.11. The van der Waals surface area contributed by atoms with E-state index in [9.17, 15) is 19.3 Å². The third-order valence-corrected chi connectivity index (χ3v) is 1.71. The Morgan fingerprint density at radius 1 is 1.61 bits per heavy atom. The van der Waals surface area contributed by atoms with Crippen LogP contribution in [0.1, 0.15) is 6.92 Å². The lowest BCUT2D eigenvalue weighted by molar-refractivity contribution is -0.387. The van der Waals surface area contributed by atoms with E-state index in [2.05, 4.69) is 15.3 Å². The molecule has 1 aromatic carbocycles. The zero-order valence-corrected chi connectivity index (χ0v) is 9.77. The molecule has 0 radical (unpaired) electrons. The summed E-state index contributed by atoms with van der Waals surface area (Å²) in [6.45, 7) is 1.39. The normalized spacial score (nSPS) is 10.9. The molecule has 0 heterocycles. The van der Waals surface area contributed by atoms with Crippen LogP contribution in [-0.2, 0) is 4.84 Å². The van der Waals surface area contributed by atoms with Crippen molar-refractivity contribution in [3.8, 4) is 0 Å². The predicted octanol–water partition coefficient (Wildman–Crippen LogP) is 2.85. The molecule has 0 saturated heterocycles. The van der Waals surface area contributed by atoms with E-state index in [4.69, 9.17) is 11.6 Å². The van der Waals surface area contributed by atoms with E-state index < -0.39 is 22.5 Å². The molecular weight excluding hydrogens is 269 g/mol. The van der Waals surface area contributed by atoms with Gasteiger partial charge in [0.15, 0.2) is 0 Å². The van der Waals surface area contributed by atoms with Gasteiger partial charge in [-0.1, -0.05) is 16.8 Å². The summed E-state index contributed by atoms with van der Waals surface area (Å²) in [5.41, 5.74) is -0.764. The molecule has 1 N–H and O–H groups in total. The largest absolute Gasteiger partial charge is 0.437 e. The number of anilines is 1. The molecule has 0 aliphatic rings. The molecule has 0 saturated carbocycles. The second kappa shape index (κ2) is 5.92. The summed E-state index contributed by atoms with van der Waals surface area (Å²) in [4.78, 5) is 24.9. The third kappa shape index (κ3) is 3.98. The fourth-order valence-electron chi connectivity index (χ4n) is 0.975. The van der Waals surface area contributed by atoms with Gasteiger partial charge in [0, 0.05) is 6.07 Å². The molecule has 0 bridgehead atoms. The summed E-state index contributed by atoms with van der Waals surface area (Å²) >= 11 is 5.32. The molecule has 18 heavy (non-hydrogen) atoms. The number of hydrogen-bond donors (Lipinski definition) is 1. The van der Waals surface area contributed by atoms with Gasteiger partial charge in [-0.3, -0.25) is 20.3 Å². The topological polar surface area (TPSA) is 93.8 Å². The maximum Gasteiger partial charge on any atom is 0.437 e. The van der Waals surface area contributed by atoms with Crippen molar-refractivity contribution in [2.75, 3.05) is 5.32 Å². The SMILES string of the molecule is C/C(Cl)=N/OC(=O)Nc1ccc(F)c([N+](=O)[O-])c1. The van der Waals surface area contributed by atoms with Crippen LogP contribution < -0.4 is 5.32 Å². The minimum atomic E-state index is -1.01. The van der Waals surface area contributed by atoms with Crippen molar-refractivity contribution in [1.82, 2.24) is 0 Å². The second-order valence-corrected chi connectivity index (χ2v) is 3.56. The molecule has 0 atom stereocenters. The highest BCUT2D eigenvalue weighted by atomic mass is 35.5. The van der Waals surface area contributed by atoms with Crippen LogP contribution in [0.25, 0.3) is 0 Å². The van der Waals surface area contributed by atoms with Crippen molar-refractivity contribution in [3.63, 3.8) is 0 Å². The number of hydrogen-bond acceptors (Lipinski definition) is 5. The number of nitro groups is 1. The Kier molecular flexibility index (Phi) is 4.55. The second-order valence-electron chi connectivity index (χ2n) is 3.02. The Hall–Kier alpha value is -2.22. The van der Waals surface area contributed by atoms with Gasteiger partial charge in [0.25, 0.3) is 0 Å². The minimum Gasteiger partial charge on any atom is -0.297 e. The van der Waals surface area contributed by atoms with E-state index in [1.54, 1.807) is 0 Å². The van der Waals surface area contributed by atoms with Crippen LogP contribution in [0.2, 0.25) is 0 Å². The summed E-state index contributed by atoms with van der Waals surface area (Å²) in [5.74, 6) is -1.01. The lowest BCUT2D eigenvalue weighted by Gasteiger charge is -2.02. The van der Waals surface area contributed by atoms with E-state index in [1.807, 2.05) is 0 Å². The molecular formula is C9H7ClFN3O4. The number of oxime groups is 1. The van der Waals surface area contributed by atoms with E-state index in [-0.39, 0.29) is 10.9 Å². The molecule has 1 aromatic rings. The van der Waals surface area contributed by atoms with Gasteiger partial charge in [0.1, 0.15) is 5.17 Å². The maximum atomic E-state index is 13.0. The Labute approximate surface area is 105 Å². The van der Waals surface area contributed by atoms with Gasteiger partial charge in [0.2, 0.25) is 5.82 Å². The molecule has 0 fully saturated rings. The number of nitro benzene ring substituents is 1. The van der Waals surface area contributed by atoms with Gasteiger partial charge in [-0.15, -0.1) is 0 Å². The number of nitrogens with zero attached hydrogens (tertiary/aromatic N) is 2. The molecule has 1 rings (SSSR count). The van der Waals surface area contributed by atoms with Crippen molar-refractivity contribution in [2.24, 2.45) is 5.16 Å². The number of carbonyl (C=O) groups is 1. The van der Waals surface area contributed by atoms with Crippen LogP contribution in [0, 0.1) is 15.9 Å². The van der Waals surface area contributed by atoms with E-state index in [0.717, 1.165) is 18.2 Å². The Morgan fingerprint density at radius 2 is 2.28 bits per heavy atom. The van der Waals surface area contributed by atoms with Crippen molar-refractivity contribution < 1.29 is 18.9 Å². The number of benzene rings is 1. The quantitative estimate of drug-likeness (QED) is 0.397. The summed E-state index contributed by atoms with van der Waals surface area (Å²) in [5, 5.41) is 15.7. The molecule has 0 unspecified atom stereocenters. The molecule has 0 aliphatic heterocycles.